The van der Waals surface area contributed by atoms with Gasteiger partial charge in [0.1, 0.15) is 0 Å². The summed E-state index contributed by atoms with van der Waals surface area (Å²) in [5, 5.41) is 4.67. The first-order valence-electron chi connectivity index (χ1n) is 5.65. The molecule has 1 aliphatic heterocycles. The van der Waals surface area contributed by atoms with Crippen LogP contribution >= 0.6 is 11.3 Å². The van der Waals surface area contributed by atoms with Gasteiger partial charge in [0.25, 0.3) is 0 Å². The SMILES string of the molecule is CNC(=O)[C@@H]1CCC(=O)N(C)[C@@H]1c1cccs1. The van der Waals surface area contributed by atoms with Gasteiger partial charge in [0, 0.05) is 25.4 Å². The first-order chi connectivity index (χ1) is 8.15. The van der Waals surface area contributed by atoms with Crippen LogP contribution in [0.4, 0.5) is 0 Å². The van der Waals surface area contributed by atoms with Gasteiger partial charge in [-0.2, -0.15) is 0 Å². The predicted molar refractivity (Wildman–Crippen MR) is 66.6 cm³/mol. The summed E-state index contributed by atoms with van der Waals surface area (Å²) >= 11 is 1.59. The van der Waals surface area contributed by atoms with E-state index in [2.05, 4.69) is 5.32 Å². The molecule has 17 heavy (non-hydrogen) atoms. The van der Waals surface area contributed by atoms with E-state index in [0.29, 0.717) is 12.8 Å². The van der Waals surface area contributed by atoms with Crippen molar-refractivity contribution in [1.29, 1.82) is 0 Å². The predicted octanol–water partition coefficient (Wildman–Crippen LogP) is 1.40. The van der Waals surface area contributed by atoms with Crippen LogP contribution in [0, 0.1) is 5.92 Å². The smallest absolute Gasteiger partial charge is 0.225 e. The third kappa shape index (κ3) is 2.20. The Morgan fingerprint density at radius 1 is 1.59 bits per heavy atom. The van der Waals surface area contributed by atoms with Crippen molar-refractivity contribution >= 4 is 23.2 Å². The summed E-state index contributed by atoms with van der Waals surface area (Å²) < 4.78 is 0. The van der Waals surface area contributed by atoms with Crippen LogP contribution < -0.4 is 5.32 Å². The van der Waals surface area contributed by atoms with Crippen molar-refractivity contribution in [3.05, 3.63) is 22.4 Å². The zero-order valence-corrected chi connectivity index (χ0v) is 10.8. The van der Waals surface area contributed by atoms with Gasteiger partial charge in [-0.15, -0.1) is 11.3 Å². The van der Waals surface area contributed by atoms with Crippen molar-refractivity contribution in [2.75, 3.05) is 14.1 Å². The van der Waals surface area contributed by atoms with Crippen molar-refractivity contribution in [2.24, 2.45) is 5.92 Å². The Kier molecular flexibility index (Phi) is 3.47. The van der Waals surface area contributed by atoms with Gasteiger partial charge in [0.15, 0.2) is 0 Å². The van der Waals surface area contributed by atoms with Gasteiger partial charge in [-0.05, 0) is 17.9 Å². The van der Waals surface area contributed by atoms with Gasteiger partial charge in [-0.3, -0.25) is 9.59 Å². The molecule has 1 saturated heterocycles. The first kappa shape index (κ1) is 12.1. The lowest BCUT2D eigenvalue weighted by Crippen LogP contribution is -2.45. The lowest BCUT2D eigenvalue weighted by molar-refractivity contribution is -0.141. The molecule has 4 nitrogen and oxygen atoms in total. The lowest BCUT2D eigenvalue weighted by atomic mass is 9.87. The molecule has 0 unspecified atom stereocenters. The van der Waals surface area contributed by atoms with E-state index in [-0.39, 0.29) is 23.8 Å². The Labute approximate surface area is 105 Å². The van der Waals surface area contributed by atoms with E-state index in [4.69, 9.17) is 0 Å². The second kappa shape index (κ2) is 4.87. The molecule has 0 radical (unpaired) electrons. The van der Waals surface area contributed by atoms with E-state index in [1.807, 2.05) is 17.5 Å². The number of carbonyl (C=O) groups excluding carboxylic acids is 2. The van der Waals surface area contributed by atoms with E-state index in [1.165, 1.54) is 0 Å². The largest absolute Gasteiger partial charge is 0.359 e. The molecule has 0 aromatic carbocycles. The minimum atomic E-state index is -0.138. The average molecular weight is 252 g/mol. The third-order valence-corrected chi connectivity index (χ3v) is 4.22. The fourth-order valence-corrected chi connectivity index (χ4v) is 3.28. The minimum Gasteiger partial charge on any atom is -0.359 e. The summed E-state index contributed by atoms with van der Waals surface area (Å²) in [5.41, 5.74) is 0. The summed E-state index contributed by atoms with van der Waals surface area (Å²) in [6.45, 7) is 0. The van der Waals surface area contributed by atoms with Crippen molar-refractivity contribution in [3.63, 3.8) is 0 Å². The quantitative estimate of drug-likeness (QED) is 0.865. The highest BCUT2D eigenvalue weighted by molar-refractivity contribution is 7.10. The Morgan fingerprint density at radius 2 is 2.35 bits per heavy atom. The summed E-state index contributed by atoms with van der Waals surface area (Å²) in [6, 6.07) is 3.82. The first-order valence-corrected chi connectivity index (χ1v) is 6.53. The molecule has 5 heteroatoms. The van der Waals surface area contributed by atoms with E-state index >= 15 is 0 Å². The second-order valence-electron chi connectivity index (χ2n) is 4.22. The molecule has 2 atom stereocenters. The molecular formula is C12H16N2O2S. The molecule has 0 saturated carbocycles. The van der Waals surface area contributed by atoms with Gasteiger partial charge >= 0.3 is 0 Å². The minimum absolute atomic E-state index is 0.0164. The maximum atomic E-state index is 11.9. The van der Waals surface area contributed by atoms with E-state index in [0.717, 1.165) is 4.88 Å². The fraction of sp³-hybridized carbons (Fsp3) is 0.500. The molecule has 1 aromatic rings. The summed E-state index contributed by atoms with van der Waals surface area (Å²) in [5.74, 6) is -0.00680. The van der Waals surface area contributed by atoms with Gasteiger partial charge < -0.3 is 10.2 Å². The molecule has 0 bridgehead atoms. The zero-order valence-electron chi connectivity index (χ0n) is 9.97. The average Bonchev–Trinajstić information content (AvgIpc) is 2.84. The lowest BCUT2D eigenvalue weighted by Gasteiger charge is -2.37. The van der Waals surface area contributed by atoms with Crippen LogP contribution in [0.5, 0.6) is 0 Å². The summed E-state index contributed by atoms with van der Waals surface area (Å²) in [4.78, 5) is 26.4. The van der Waals surface area contributed by atoms with Gasteiger partial charge in [-0.1, -0.05) is 6.07 Å². The van der Waals surface area contributed by atoms with Crippen LogP contribution in [0.1, 0.15) is 23.8 Å². The monoisotopic (exact) mass is 252 g/mol. The second-order valence-corrected chi connectivity index (χ2v) is 5.20. The number of hydrogen-bond acceptors (Lipinski definition) is 3. The van der Waals surface area contributed by atoms with E-state index in [9.17, 15) is 9.59 Å². The highest BCUT2D eigenvalue weighted by atomic mass is 32.1. The molecule has 2 heterocycles. The summed E-state index contributed by atoms with van der Waals surface area (Å²) in [7, 11) is 3.42. The highest BCUT2D eigenvalue weighted by Crippen LogP contribution is 2.37. The topological polar surface area (TPSA) is 49.4 Å². The van der Waals surface area contributed by atoms with Gasteiger partial charge in [-0.25, -0.2) is 0 Å². The van der Waals surface area contributed by atoms with Crippen LogP contribution in [0.3, 0.4) is 0 Å². The number of hydrogen-bond donors (Lipinski definition) is 1. The standard InChI is InChI=1S/C12H16N2O2S/c1-13-12(16)8-5-6-10(15)14(2)11(8)9-4-3-7-17-9/h3-4,7-8,11H,5-6H2,1-2H3,(H,13,16)/t8-,11+/m1/s1. The molecule has 0 spiro atoms. The zero-order chi connectivity index (χ0) is 12.4. The van der Waals surface area contributed by atoms with Crippen LogP contribution in [-0.2, 0) is 9.59 Å². The van der Waals surface area contributed by atoms with Crippen LogP contribution in [-0.4, -0.2) is 30.8 Å². The normalized spacial score (nSPS) is 24.8. The number of amides is 2. The number of likely N-dealkylation sites (tertiary alicyclic amines) is 1. The molecule has 1 fully saturated rings. The maximum absolute atomic E-state index is 11.9. The van der Waals surface area contributed by atoms with Crippen molar-refractivity contribution in [3.8, 4) is 0 Å². The number of carbonyl (C=O) groups is 2. The number of rotatable bonds is 2. The maximum Gasteiger partial charge on any atom is 0.225 e. The number of nitrogens with zero attached hydrogens (tertiary/aromatic N) is 1. The Hall–Kier alpha value is -1.36. The highest BCUT2D eigenvalue weighted by Gasteiger charge is 2.38. The molecule has 1 aliphatic rings. The van der Waals surface area contributed by atoms with Gasteiger partial charge in [0.2, 0.25) is 11.8 Å². The Balaban J connectivity index is 2.32. The molecule has 92 valence electrons. The van der Waals surface area contributed by atoms with E-state index < -0.39 is 0 Å². The van der Waals surface area contributed by atoms with Crippen LogP contribution in [0.25, 0.3) is 0 Å². The van der Waals surface area contributed by atoms with Crippen molar-refractivity contribution < 1.29 is 9.59 Å². The molecule has 1 aromatic heterocycles. The molecule has 1 N–H and O–H groups in total. The third-order valence-electron chi connectivity index (χ3n) is 3.28. The van der Waals surface area contributed by atoms with Crippen LogP contribution in [0.15, 0.2) is 17.5 Å². The number of nitrogens with one attached hydrogen (secondary N) is 1. The van der Waals surface area contributed by atoms with E-state index in [1.54, 1.807) is 30.3 Å². The number of thiophene rings is 1. The fourth-order valence-electron chi connectivity index (χ4n) is 2.35. The molecule has 0 aliphatic carbocycles. The Morgan fingerprint density at radius 3 is 2.94 bits per heavy atom. The Bertz CT molecular complexity index is 416. The van der Waals surface area contributed by atoms with Gasteiger partial charge in [0.05, 0.1) is 12.0 Å². The molecule has 2 amide bonds. The van der Waals surface area contributed by atoms with Crippen LogP contribution in [0.2, 0.25) is 0 Å². The number of piperidine rings is 1. The van der Waals surface area contributed by atoms with Crippen molar-refractivity contribution in [1.82, 2.24) is 10.2 Å². The molecular weight excluding hydrogens is 236 g/mol. The summed E-state index contributed by atoms with van der Waals surface area (Å²) in [6.07, 6.45) is 1.09. The van der Waals surface area contributed by atoms with Crippen molar-refractivity contribution in [2.45, 2.75) is 18.9 Å². The molecule has 2 rings (SSSR count).